The Morgan fingerprint density at radius 1 is 1.04 bits per heavy atom. The molecule has 1 aliphatic heterocycles. The lowest BCUT2D eigenvalue weighted by molar-refractivity contribution is -0.108. The van der Waals surface area contributed by atoms with Crippen LogP contribution in [0, 0.1) is 5.92 Å². The summed E-state index contributed by atoms with van der Waals surface area (Å²) in [6, 6.07) is 11.3. The number of carbonyl (C=O) groups is 1. The number of sulfone groups is 1. The first-order valence-electron chi connectivity index (χ1n) is 7.36. The number of ether oxygens (including phenoxy) is 2. The lowest BCUT2D eigenvalue weighted by atomic mass is 10.1. The number of carbonyl (C=O) groups excluding carboxylic acids is 1. The number of benzene rings is 2. The van der Waals surface area contributed by atoms with Gasteiger partial charge in [-0.15, -0.1) is 0 Å². The fourth-order valence-electron chi connectivity index (χ4n) is 3.18. The van der Waals surface area contributed by atoms with Gasteiger partial charge in [0.05, 0.1) is 10.1 Å². The number of hydrogen-bond donors (Lipinski definition) is 0. The van der Waals surface area contributed by atoms with Crippen molar-refractivity contribution < 1.29 is 22.7 Å². The van der Waals surface area contributed by atoms with Gasteiger partial charge in [-0.3, -0.25) is 0 Å². The van der Waals surface area contributed by atoms with Crippen LogP contribution in [0.5, 0.6) is 11.5 Å². The van der Waals surface area contributed by atoms with Gasteiger partial charge in [-0.05, 0) is 42.0 Å². The molecule has 2 aromatic rings. The molecule has 1 saturated carbocycles. The highest BCUT2D eigenvalue weighted by Crippen LogP contribution is 2.54. The first kappa shape index (κ1) is 15.5. The first-order valence-corrected chi connectivity index (χ1v) is 9.29. The van der Waals surface area contributed by atoms with Gasteiger partial charge in [-0.2, -0.15) is 0 Å². The Hall–Kier alpha value is -2.05. The molecule has 0 saturated heterocycles. The fraction of sp³-hybridized carbons (Fsp3) is 0.235. The Kier molecular flexibility index (Phi) is 3.54. The molecule has 4 rings (SSSR count). The highest BCUT2D eigenvalue weighted by Gasteiger charge is 2.59. The Morgan fingerprint density at radius 3 is 2.46 bits per heavy atom. The van der Waals surface area contributed by atoms with E-state index in [9.17, 15) is 13.2 Å². The van der Waals surface area contributed by atoms with Crippen LogP contribution < -0.4 is 9.47 Å². The summed E-state index contributed by atoms with van der Waals surface area (Å²) < 4.78 is 36.3. The van der Waals surface area contributed by atoms with Crippen LogP contribution in [0.4, 0.5) is 0 Å². The lowest BCUT2D eigenvalue weighted by Crippen LogP contribution is -2.11. The molecule has 2 aliphatic rings. The van der Waals surface area contributed by atoms with E-state index in [1.807, 2.05) is 0 Å². The molecule has 5 nitrogen and oxygen atoms in total. The fourth-order valence-corrected chi connectivity index (χ4v) is 5.42. The third-order valence-corrected chi connectivity index (χ3v) is 6.95. The molecule has 0 amide bonds. The van der Waals surface area contributed by atoms with Crippen molar-refractivity contribution in [3.8, 4) is 11.5 Å². The zero-order valence-corrected chi connectivity index (χ0v) is 14.0. The summed E-state index contributed by atoms with van der Waals surface area (Å²) in [5.74, 6) is 0.259. The van der Waals surface area contributed by atoms with Crippen LogP contribution in [-0.2, 0) is 14.6 Å². The topological polar surface area (TPSA) is 69.7 Å². The Labute approximate surface area is 144 Å². The van der Waals surface area contributed by atoms with E-state index >= 15 is 0 Å². The van der Waals surface area contributed by atoms with Gasteiger partial charge in [0.1, 0.15) is 6.29 Å². The van der Waals surface area contributed by atoms with Gasteiger partial charge in [0.15, 0.2) is 21.3 Å². The van der Waals surface area contributed by atoms with Crippen molar-refractivity contribution >= 4 is 27.7 Å². The van der Waals surface area contributed by atoms with Gasteiger partial charge in [0.25, 0.3) is 0 Å². The molecule has 0 aromatic heterocycles. The van der Waals surface area contributed by atoms with Crippen molar-refractivity contribution in [3.05, 3.63) is 53.1 Å². The molecule has 3 atom stereocenters. The summed E-state index contributed by atoms with van der Waals surface area (Å²) in [5.41, 5.74) is 0.763. The Bertz CT molecular complexity index is 907. The molecule has 1 heterocycles. The van der Waals surface area contributed by atoms with Crippen molar-refractivity contribution in [1.82, 2.24) is 0 Å². The largest absolute Gasteiger partial charge is 0.454 e. The lowest BCUT2D eigenvalue weighted by Gasteiger charge is -2.05. The molecule has 7 heteroatoms. The molecule has 1 fully saturated rings. The average molecular weight is 365 g/mol. The van der Waals surface area contributed by atoms with Crippen molar-refractivity contribution in [2.45, 2.75) is 16.1 Å². The second kappa shape index (κ2) is 5.50. The van der Waals surface area contributed by atoms with Crippen LogP contribution >= 0.6 is 11.6 Å². The summed E-state index contributed by atoms with van der Waals surface area (Å²) in [5, 5.41) is -0.305. The quantitative estimate of drug-likeness (QED) is 0.780. The molecule has 24 heavy (non-hydrogen) atoms. The van der Waals surface area contributed by atoms with E-state index < -0.39 is 21.0 Å². The minimum absolute atomic E-state index is 0.146. The SMILES string of the molecule is O=C[C@@H]1[C@@H](c2ccc3c(c2)OCO3)[C@H]1S(=O)(=O)c1ccc(Cl)cc1. The van der Waals surface area contributed by atoms with Crippen molar-refractivity contribution in [3.63, 3.8) is 0 Å². The van der Waals surface area contributed by atoms with Crippen LogP contribution in [0.1, 0.15) is 11.5 Å². The molecular weight excluding hydrogens is 352 g/mol. The van der Waals surface area contributed by atoms with Crippen LogP contribution in [-0.4, -0.2) is 26.7 Å². The van der Waals surface area contributed by atoms with E-state index in [0.717, 1.165) is 5.56 Å². The van der Waals surface area contributed by atoms with Crippen molar-refractivity contribution in [2.75, 3.05) is 6.79 Å². The summed E-state index contributed by atoms with van der Waals surface area (Å²) in [6.07, 6.45) is 0.716. The van der Waals surface area contributed by atoms with Crippen molar-refractivity contribution in [2.24, 2.45) is 5.92 Å². The van der Waals surface area contributed by atoms with Gasteiger partial charge in [0, 0.05) is 16.9 Å². The molecule has 0 bridgehead atoms. The second-order valence-electron chi connectivity index (χ2n) is 5.82. The van der Waals surface area contributed by atoms with Gasteiger partial charge in [0.2, 0.25) is 6.79 Å². The van der Waals surface area contributed by atoms with E-state index in [-0.39, 0.29) is 17.6 Å². The predicted molar refractivity (Wildman–Crippen MR) is 87.3 cm³/mol. The molecular formula is C17H13ClO5S. The highest BCUT2D eigenvalue weighted by molar-refractivity contribution is 7.92. The summed E-state index contributed by atoms with van der Waals surface area (Å²) >= 11 is 5.81. The summed E-state index contributed by atoms with van der Waals surface area (Å²) in [7, 11) is -3.62. The van der Waals surface area contributed by atoms with Crippen LogP contribution in [0.25, 0.3) is 0 Å². The van der Waals surface area contributed by atoms with Gasteiger partial charge >= 0.3 is 0 Å². The van der Waals surface area contributed by atoms with Gasteiger partial charge < -0.3 is 14.3 Å². The summed E-state index contributed by atoms with van der Waals surface area (Å²) in [6.45, 7) is 0.146. The zero-order valence-electron chi connectivity index (χ0n) is 12.4. The molecule has 124 valence electrons. The number of fused-ring (bicyclic) bond motifs is 1. The molecule has 2 aromatic carbocycles. The Balaban J connectivity index is 1.68. The first-order chi connectivity index (χ1) is 11.5. The molecule has 0 spiro atoms. The van der Waals surface area contributed by atoms with E-state index in [4.69, 9.17) is 21.1 Å². The van der Waals surface area contributed by atoms with E-state index in [1.54, 1.807) is 18.2 Å². The minimum atomic E-state index is -3.62. The number of halogens is 1. The number of rotatable bonds is 4. The smallest absolute Gasteiger partial charge is 0.231 e. The average Bonchev–Trinajstić information content (AvgIpc) is 3.15. The minimum Gasteiger partial charge on any atom is -0.454 e. The normalized spacial score (nSPS) is 24.6. The standard InChI is InChI=1S/C17H13ClO5S/c18-11-2-4-12(5-3-11)24(20,21)17-13(8-19)16(17)10-1-6-14-15(7-10)23-9-22-14/h1-8,13,16-17H,9H2/t13-,16-,17+/m1/s1. The van der Waals surface area contributed by atoms with Crippen LogP contribution in [0.2, 0.25) is 5.02 Å². The van der Waals surface area contributed by atoms with E-state index in [0.29, 0.717) is 22.8 Å². The van der Waals surface area contributed by atoms with E-state index in [1.165, 1.54) is 24.3 Å². The second-order valence-corrected chi connectivity index (χ2v) is 8.36. The van der Waals surface area contributed by atoms with Crippen molar-refractivity contribution in [1.29, 1.82) is 0 Å². The van der Waals surface area contributed by atoms with Crippen LogP contribution in [0.15, 0.2) is 47.4 Å². The third kappa shape index (κ3) is 2.37. The van der Waals surface area contributed by atoms with Crippen LogP contribution in [0.3, 0.4) is 0 Å². The van der Waals surface area contributed by atoms with Gasteiger partial charge in [-0.25, -0.2) is 8.42 Å². The molecule has 0 N–H and O–H groups in total. The highest BCUT2D eigenvalue weighted by atomic mass is 35.5. The molecule has 1 aliphatic carbocycles. The predicted octanol–water partition coefficient (Wildman–Crippen LogP) is 2.82. The summed E-state index contributed by atoms with van der Waals surface area (Å²) in [4.78, 5) is 11.6. The third-order valence-electron chi connectivity index (χ3n) is 4.45. The maximum atomic E-state index is 12.8. The zero-order chi connectivity index (χ0) is 16.9. The van der Waals surface area contributed by atoms with E-state index in [2.05, 4.69) is 0 Å². The maximum Gasteiger partial charge on any atom is 0.231 e. The molecule has 0 unspecified atom stereocenters. The Morgan fingerprint density at radius 2 is 1.75 bits per heavy atom. The number of hydrogen-bond acceptors (Lipinski definition) is 5. The maximum absolute atomic E-state index is 12.8. The molecule has 0 radical (unpaired) electrons. The monoisotopic (exact) mass is 364 g/mol. The number of aldehydes is 1. The van der Waals surface area contributed by atoms with Gasteiger partial charge in [-0.1, -0.05) is 17.7 Å².